The van der Waals surface area contributed by atoms with Crippen LogP contribution in [0.1, 0.15) is 22.8 Å². The van der Waals surface area contributed by atoms with Crippen LogP contribution in [0.25, 0.3) is 0 Å². The van der Waals surface area contributed by atoms with Crippen molar-refractivity contribution < 1.29 is 22.3 Å². The van der Waals surface area contributed by atoms with Crippen LogP contribution in [0.3, 0.4) is 0 Å². The summed E-state index contributed by atoms with van der Waals surface area (Å²) in [5.41, 5.74) is 1.63. The third kappa shape index (κ3) is 5.99. The Morgan fingerprint density at radius 3 is 2.44 bits per heavy atom. The Bertz CT molecular complexity index is 1220. The smallest absolute Gasteiger partial charge is 0.255 e. The largest absolute Gasteiger partial charge is 0.494 e. The van der Waals surface area contributed by atoms with Gasteiger partial charge in [0, 0.05) is 21.8 Å². The minimum absolute atomic E-state index is 0.0991. The Balaban J connectivity index is 1.95. The highest BCUT2D eigenvalue weighted by Gasteiger charge is 2.21. The van der Waals surface area contributed by atoms with Crippen molar-refractivity contribution in [3.63, 3.8) is 0 Å². The van der Waals surface area contributed by atoms with E-state index in [1.165, 1.54) is 24.3 Å². The summed E-state index contributed by atoms with van der Waals surface area (Å²) in [6.07, 6.45) is 1.06. The van der Waals surface area contributed by atoms with E-state index in [0.29, 0.717) is 39.9 Å². The number of rotatable bonds is 8. The first-order chi connectivity index (χ1) is 15.2. The average Bonchev–Trinajstić information content (AvgIpc) is 2.73. The van der Waals surface area contributed by atoms with Crippen molar-refractivity contribution in [2.45, 2.75) is 13.5 Å². The van der Waals surface area contributed by atoms with Crippen LogP contribution in [0.2, 0.25) is 5.02 Å². The second-order valence-electron chi connectivity index (χ2n) is 6.97. The molecule has 168 valence electrons. The maximum Gasteiger partial charge on any atom is 0.255 e. The van der Waals surface area contributed by atoms with Gasteiger partial charge in [0.25, 0.3) is 5.91 Å². The van der Waals surface area contributed by atoms with Gasteiger partial charge in [-0.15, -0.1) is 0 Å². The molecule has 0 aromatic heterocycles. The van der Waals surface area contributed by atoms with Gasteiger partial charge in [0.15, 0.2) is 0 Å². The van der Waals surface area contributed by atoms with Gasteiger partial charge >= 0.3 is 0 Å². The van der Waals surface area contributed by atoms with E-state index in [2.05, 4.69) is 5.32 Å². The molecule has 32 heavy (non-hydrogen) atoms. The Morgan fingerprint density at radius 1 is 1.09 bits per heavy atom. The van der Waals surface area contributed by atoms with E-state index in [4.69, 9.17) is 16.3 Å². The summed E-state index contributed by atoms with van der Waals surface area (Å²) >= 11 is 5.97. The van der Waals surface area contributed by atoms with Crippen molar-refractivity contribution in [1.29, 1.82) is 0 Å². The fourth-order valence-electron chi connectivity index (χ4n) is 3.07. The van der Waals surface area contributed by atoms with Crippen LogP contribution in [0.4, 0.5) is 15.8 Å². The molecular formula is C23H22ClFN2O4S. The first-order valence-electron chi connectivity index (χ1n) is 9.73. The Morgan fingerprint density at radius 2 is 1.81 bits per heavy atom. The van der Waals surface area contributed by atoms with Crippen molar-refractivity contribution in [1.82, 2.24) is 0 Å². The molecule has 3 aromatic rings. The van der Waals surface area contributed by atoms with E-state index < -0.39 is 15.8 Å². The molecule has 6 nitrogen and oxygen atoms in total. The molecule has 0 aliphatic rings. The minimum atomic E-state index is -3.71. The molecule has 1 N–H and O–H groups in total. The summed E-state index contributed by atoms with van der Waals surface area (Å²) < 4.78 is 45.1. The van der Waals surface area contributed by atoms with Gasteiger partial charge in [-0.2, -0.15) is 0 Å². The molecule has 0 aliphatic heterocycles. The molecule has 0 unspecified atom stereocenters. The molecule has 0 bridgehead atoms. The number of nitrogens with one attached hydrogen (secondary N) is 1. The summed E-state index contributed by atoms with van der Waals surface area (Å²) in [5, 5.41) is 3.25. The second kappa shape index (κ2) is 10.0. The number of hydrogen-bond donors (Lipinski definition) is 1. The maximum absolute atomic E-state index is 13.3. The second-order valence-corrected chi connectivity index (χ2v) is 9.31. The molecule has 0 atom stereocenters. The van der Waals surface area contributed by atoms with Crippen LogP contribution in [-0.4, -0.2) is 27.2 Å². The van der Waals surface area contributed by atoms with Crippen LogP contribution < -0.4 is 14.4 Å². The van der Waals surface area contributed by atoms with E-state index in [1.807, 2.05) is 0 Å². The Labute approximate surface area is 191 Å². The molecule has 0 radical (unpaired) electrons. The van der Waals surface area contributed by atoms with Gasteiger partial charge in [0.1, 0.15) is 11.6 Å². The summed E-state index contributed by atoms with van der Waals surface area (Å²) in [7, 11) is -3.71. The monoisotopic (exact) mass is 476 g/mol. The zero-order chi connectivity index (χ0) is 23.3. The summed E-state index contributed by atoms with van der Waals surface area (Å²) in [4.78, 5) is 12.8. The Hall–Kier alpha value is -3.10. The number of halogens is 2. The number of hydrogen-bond acceptors (Lipinski definition) is 4. The third-order valence-corrected chi connectivity index (χ3v) is 5.91. The van der Waals surface area contributed by atoms with Gasteiger partial charge in [-0.3, -0.25) is 9.10 Å². The fourth-order valence-corrected chi connectivity index (χ4v) is 4.14. The van der Waals surface area contributed by atoms with Gasteiger partial charge < -0.3 is 10.1 Å². The molecule has 3 rings (SSSR count). The summed E-state index contributed by atoms with van der Waals surface area (Å²) in [6.45, 7) is 2.06. The lowest BCUT2D eigenvalue weighted by atomic mass is 10.1. The van der Waals surface area contributed by atoms with Crippen LogP contribution in [0.5, 0.6) is 5.75 Å². The maximum atomic E-state index is 13.3. The number of benzene rings is 3. The van der Waals surface area contributed by atoms with Crippen LogP contribution >= 0.6 is 11.6 Å². The molecule has 0 spiro atoms. The molecule has 0 heterocycles. The SMILES string of the molecule is CCOc1ccc(C(=O)Nc2cccc(Cl)c2)cc1CN(c1ccc(F)cc1)S(C)(=O)=O. The number of carbonyl (C=O) groups is 1. The van der Waals surface area contributed by atoms with Crippen LogP contribution in [0, 0.1) is 5.82 Å². The first kappa shape index (κ1) is 23.6. The van der Waals surface area contributed by atoms with E-state index in [-0.39, 0.29) is 12.5 Å². The van der Waals surface area contributed by atoms with Crippen molar-refractivity contribution in [3.8, 4) is 5.75 Å². The molecule has 0 saturated carbocycles. The zero-order valence-corrected chi connectivity index (χ0v) is 19.1. The zero-order valence-electron chi connectivity index (χ0n) is 17.5. The van der Waals surface area contributed by atoms with Crippen LogP contribution in [-0.2, 0) is 16.6 Å². The molecule has 1 amide bonds. The predicted molar refractivity (Wildman–Crippen MR) is 124 cm³/mol. The average molecular weight is 477 g/mol. The molecule has 0 aliphatic carbocycles. The number of amides is 1. The summed E-state index contributed by atoms with van der Waals surface area (Å²) in [5.74, 6) is -0.413. The highest BCUT2D eigenvalue weighted by Crippen LogP contribution is 2.27. The van der Waals surface area contributed by atoms with Crippen molar-refractivity contribution in [3.05, 3.63) is 88.7 Å². The minimum Gasteiger partial charge on any atom is -0.494 e. The Kier molecular flexibility index (Phi) is 7.37. The van der Waals surface area contributed by atoms with Gasteiger partial charge in [-0.1, -0.05) is 17.7 Å². The van der Waals surface area contributed by atoms with E-state index >= 15 is 0 Å². The molecule has 0 saturated heterocycles. The van der Waals surface area contributed by atoms with Gasteiger partial charge in [0.2, 0.25) is 10.0 Å². The molecular weight excluding hydrogens is 455 g/mol. The van der Waals surface area contributed by atoms with Gasteiger partial charge in [-0.25, -0.2) is 12.8 Å². The molecule has 9 heteroatoms. The van der Waals surface area contributed by atoms with Crippen LogP contribution in [0.15, 0.2) is 66.7 Å². The van der Waals surface area contributed by atoms with E-state index in [1.54, 1.807) is 49.4 Å². The fraction of sp³-hybridized carbons (Fsp3) is 0.174. The third-order valence-electron chi connectivity index (χ3n) is 4.53. The number of nitrogens with zero attached hydrogens (tertiary/aromatic N) is 1. The quantitative estimate of drug-likeness (QED) is 0.491. The van der Waals surface area contributed by atoms with E-state index in [9.17, 15) is 17.6 Å². The van der Waals surface area contributed by atoms with E-state index in [0.717, 1.165) is 10.6 Å². The normalized spacial score (nSPS) is 11.1. The number of sulfonamides is 1. The topological polar surface area (TPSA) is 75.7 Å². The first-order valence-corrected chi connectivity index (χ1v) is 12.0. The lowest BCUT2D eigenvalue weighted by Gasteiger charge is -2.24. The van der Waals surface area contributed by atoms with Gasteiger partial charge in [0.05, 0.1) is 25.1 Å². The highest BCUT2D eigenvalue weighted by molar-refractivity contribution is 7.92. The predicted octanol–water partition coefficient (Wildman–Crippen LogP) is 5.10. The highest BCUT2D eigenvalue weighted by atomic mass is 35.5. The van der Waals surface area contributed by atoms with Gasteiger partial charge in [-0.05, 0) is 67.6 Å². The molecule has 3 aromatic carbocycles. The number of carbonyl (C=O) groups excluding carboxylic acids is 1. The van der Waals surface area contributed by atoms with Crippen molar-refractivity contribution in [2.75, 3.05) is 22.5 Å². The lowest BCUT2D eigenvalue weighted by molar-refractivity contribution is 0.102. The lowest BCUT2D eigenvalue weighted by Crippen LogP contribution is -2.29. The standard InChI is InChI=1S/C23H22ClFN2O4S/c1-3-31-22-12-7-16(23(28)26-20-6-4-5-18(24)14-20)13-17(22)15-27(32(2,29)30)21-10-8-19(25)9-11-21/h4-14H,3,15H2,1-2H3,(H,26,28). The van der Waals surface area contributed by atoms with Crippen molar-refractivity contribution in [2.24, 2.45) is 0 Å². The summed E-state index contributed by atoms with van der Waals surface area (Å²) in [6, 6.07) is 16.7. The number of anilines is 2. The van der Waals surface area contributed by atoms with Crippen molar-refractivity contribution >= 4 is 38.9 Å². The molecule has 0 fully saturated rings. The number of ether oxygens (including phenoxy) is 1.